The third-order valence-corrected chi connectivity index (χ3v) is 3.20. The molecular formula is C14H23NO2. The normalized spacial score (nSPS) is 16.2. The Hall–Kier alpha value is -1.25. The zero-order chi connectivity index (χ0) is 12.8. The number of hydrogen-bond donors (Lipinski definition) is 1. The second-order valence-corrected chi connectivity index (χ2v) is 4.44. The Morgan fingerprint density at radius 3 is 2.35 bits per heavy atom. The molecule has 0 amide bonds. The molecule has 17 heavy (non-hydrogen) atoms. The Bertz CT molecular complexity index is 403. The molecule has 0 bridgehead atoms. The monoisotopic (exact) mass is 237 g/mol. The molecule has 0 spiro atoms. The van der Waals surface area contributed by atoms with Crippen molar-refractivity contribution in [3.8, 4) is 0 Å². The molecule has 1 fully saturated rings. The van der Waals surface area contributed by atoms with Crippen molar-refractivity contribution in [2.75, 3.05) is 0 Å². The molecule has 0 aliphatic heterocycles. The van der Waals surface area contributed by atoms with Crippen molar-refractivity contribution < 1.29 is 5.21 Å². The fourth-order valence-corrected chi connectivity index (χ4v) is 2.41. The molecule has 0 radical (unpaired) electrons. The van der Waals surface area contributed by atoms with Gasteiger partial charge < -0.3 is 5.21 Å². The molecule has 0 aromatic carbocycles. The van der Waals surface area contributed by atoms with E-state index in [4.69, 9.17) is 0 Å². The maximum absolute atomic E-state index is 11.4. The van der Waals surface area contributed by atoms with Crippen LogP contribution >= 0.6 is 0 Å². The molecule has 96 valence electrons. The van der Waals surface area contributed by atoms with E-state index in [1.54, 1.807) is 0 Å². The Kier molecular flexibility index (Phi) is 5.26. The molecule has 0 saturated heterocycles. The van der Waals surface area contributed by atoms with Crippen LogP contribution in [0.5, 0.6) is 0 Å². The Labute approximate surface area is 103 Å². The highest BCUT2D eigenvalue weighted by molar-refractivity contribution is 5.19. The van der Waals surface area contributed by atoms with Crippen molar-refractivity contribution in [1.29, 1.82) is 0 Å². The van der Waals surface area contributed by atoms with Gasteiger partial charge in [-0.1, -0.05) is 33.1 Å². The smallest absolute Gasteiger partial charge is 0.283 e. The van der Waals surface area contributed by atoms with Gasteiger partial charge in [-0.15, -0.1) is 0 Å². The van der Waals surface area contributed by atoms with Crippen molar-refractivity contribution in [2.45, 2.75) is 58.8 Å². The van der Waals surface area contributed by atoms with Gasteiger partial charge in [0.25, 0.3) is 5.56 Å². The summed E-state index contributed by atoms with van der Waals surface area (Å²) < 4.78 is 0.822. The molecule has 0 unspecified atom stereocenters. The fourth-order valence-electron chi connectivity index (χ4n) is 2.41. The van der Waals surface area contributed by atoms with E-state index in [2.05, 4.69) is 0 Å². The summed E-state index contributed by atoms with van der Waals surface area (Å²) in [6.45, 7) is 5.90. The van der Waals surface area contributed by atoms with Crippen LogP contribution in [0.2, 0.25) is 0 Å². The number of rotatable bonds is 1. The highest BCUT2D eigenvalue weighted by Gasteiger charge is 2.19. The Morgan fingerprint density at radius 1 is 1.18 bits per heavy atom. The van der Waals surface area contributed by atoms with Crippen LogP contribution in [0.3, 0.4) is 0 Å². The Balaban J connectivity index is 0.000000686. The lowest BCUT2D eigenvalue weighted by Crippen LogP contribution is -2.23. The SMILES string of the molecule is CC.Cc1cc(C2CCCCC2)n(O)c(=O)c1. The summed E-state index contributed by atoms with van der Waals surface area (Å²) in [6.07, 6.45) is 5.85. The molecular weight excluding hydrogens is 214 g/mol. The minimum Gasteiger partial charge on any atom is -0.425 e. The lowest BCUT2D eigenvalue weighted by molar-refractivity contribution is 0.156. The molecule has 1 heterocycles. The van der Waals surface area contributed by atoms with E-state index >= 15 is 0 Å². The third-order valence-electron chi connectivity index (χ3n) is 3.20. The van der Waals surface area contributed by atoms with Crippen LogP contribution in [-0.2, 0) is 0 Å². The zero-order valence-electron chi connectivity index (χ0n) is 11.1. The average Bonchev–Trinajstić information content (AvgIpc) is 2.37. The molecule has 1 aliphatic carbocycles. The molecule has 1 aromatic heterocycles. The standard InChI is InChI=1S/C12H17NO2.C2H6/c1-9-7-11(13(15)12(14)8-9)10-5-3-2-4-6-10;1-2/h7-8,10,15H,2-6H2,1H3;1-2H3. The first kappa shape index (κ1) is 13.8. The summed E-state index contributed by atoms with van der Waals surface area (Å²) in [5.74, 6) is 0.358. The summed E-state index contributed by atoms with van der Waals surface area (Å²) in [4.78, 5) is 11.4. The molecule has 1 N–H and O–H groups in total. The minimum atomic E-state index is -0.310. The molecule has 1 aliphatic rings. The van der Waals surface area contributed by atoms with E-state index in [9.17, 15) is 10.0 Å². The van der Waals surface area contributed by atoms with E-state index in [1.165, 1.54) is 25.3 Å². The van der Waals surface area contributed by atoms with Crippen LogP contribution in [0.15, 0.2) is 16.9 Å². The van der Waals surface area contributed by atoms with Crippen LogP contribution in [0.25, 0.3) is 0 Å². The van der Waals surface area contributed by atoms with E-state index in [-0.39, 0.29) is 5.56 Å². The average molecular weight is 237 g/mol. The van der Waals surface area contributed by atoms with Gasteiger partial charge in [-0.3, -0.25) is 4.79 Å². The number of nitrogens with zero attached hydrogens (tertiary/aromatic N) is 1. The van der Waals surface area contributed by atoms with Gasteiger partial charge in [0, 0.05) is 12.0 Å². The zero-order valence-corrected chi connectivity index (χ0v) is 11.1. The van der Waals surface area contributed by atoms with Gasteiger partial charge >= 0.3 is 0 Å². The molecule has 0 atom stereocenters. The van der Waals surface area contributed by atoms with Crippen molar-refractivity contribution in [3.63, 3.8) is 0 Å². The first-order chi connectivity index (χ1) is 8.18. The largest absolute Gasteiger partial charge is 0.425 e. The fraction of sp³-hybridized carbons (Fsp3) is 0.643. The van der Waals surface area contributed by atoms with E-state index in [1.807, 2.05) is 26.8 Å². The van der Waals surface area contributed by atoms with Gasteiger partial charge in [-0.25, -0.2) is 0 Å². The van der Waals surface area contributed by atoms with Gasteiger partial charge in [-0.05, 0) is 31.4 Å². The summed E-state index contributed by atoms with van der Waals surface area (Å²) in [6, 6.07) is 3.39. The lowest BCUT2D eigenvalue weighted by atomic mass is 9.86. The quantitative estimate of drug-likeness (QED) is 0.760. The van der Waals surface area contributed by atoms with Gasteiger partial charge in [-0.2, -0.15) is 4.73 Å². The summed E-state index contributed by atoms with van der Waals surface area (Å²) in [7, 11) is 0. The molecule has 1 saturated carbocycles. The van der Waals surface area contributed by atoms with Crippen LogP contribution in [-0.4, -0.2) is 9.94 Å². The summed E-state index contributed by atoms with van der Waals surface area (Å²) >= 11 is 0. The van der Waals surface area contributed by atoms with Crippen LogP contribution in [0, 0.1) is 6.92 Å². The summed E-state index contributed by atoms with van der Waals surface area (Å²) in [5, 5.41) is 9.68. The Morgan fingerprint density at radius 2 is 1.76 bits per heavy atom. The van der Waals surface area contributed by atoms with Crippen molar-refractivity contribution >= 4 is 0 Å². The maximum atomic E-state index is 11.4. The topological polar surface area (TPSA) is 42.2 Å². The van der Waals surface area contributed by atoms with Crippen molar-refractivity contribution in [1.82, 2.24) is 4.73 Å². The molecule has 3 heteroatoms. The number of aryl methyl sites for hydroxylation is 1. The van der Waals surface area contributed by atoms with Crippen LogP contribution in [0.1, 0.15) is 63.1 Å². The highest BCUT2D eigenvalue weighted by Crippen LogP contribution is 2.31. The number of aromatic nitrogens is 1. The first-order valence-corrected chi connectivity index (χ1v) is 6.61. The molecule has 2 rings (SSSR count). The van der Waals surface area contributed by atoms with Gasteiger partial charge in [0.05, 0.1) is 5.69 Å². The van der Waals surface area contributed by atoms with Crippen LogP contribution < -0.4 is 5.56 Å². The number of hydrogen-bond acceptors (Lipinski definition) is 2. The van der Waals surface area contributed by atoms with Crippen molar-refractivity contribution in [2.24, 2.45) is 0 Å². The number of pyridine rings is 1. The predicted molar refractivity (Wildman–Crippen MR) is 69.8 cm³/mol. The summed E-state index contributed by atoms with van der Waals surface area (Å²) in [5.41, 5.74) is 1.42. The lowest BCUT2D eigenvalue weighted by Gasteiger charge is -2.22. The second kappa shape index (κ2) is 6.48. The first-order valence-electron chi connectivity index (χ1n) is 6.61. The van der Waals surface area contributed by atoms with E-state index in [0.29, 0.717) is 5.92 Å². The van der Waals surface area contributed by atoms with Gasteiger partial charge in [0.2, 0.25) is 0 Å². The predicted octanol–water partition coefficient (Wildman–Crippen LogP) is 3.47. The third kappa shape index (κ3) is 3.35. The second-order valence-electron chi connectivity index (χ2n) is 4.44. The van der Waals surface area contributed by atoms with Gasteiger partial charge in [0.15, 0.2) is 0 Å². The molecule has 1 aromatic rings. The van der Waals surface area contributed by atoms with E-state index in [0.717, 1.165) is 28.8 Å². The minimum absolute atomic E-state index is 0.310. The van der Waals surface area contributed by atoms with Crippen molar-refractivity contribution in [3.05, 3.63) is 33.7 Å². The highest BCUT2D eigenvalue weighted by atomic mass is 16.5. The van der Waals surface area contributed by atoms with E-state index < -0.39 is 0 Å². The van der Waals surface area contributed by atoms with Gasteiger partial charge in [0.1, 0.15) is 0 Å². The van der Waals surface area contributed by atoms with Crippen LogP contribution in [0.4, 0.5) is 0 Å². The molecule has 3 nitrogen and oxygen atoms in total. The maximum Gasteiger partial charge on any atom is 0.283 e.